The van der Waals surface area contributed by atoms with Crippen molar-refractivity contribution in [2.75, 3.05) is 36.2 Å². The fraction of sp³-hybridized carbons (Fsp3) is 0.400. The van der Waals surface area contributed by atoms with Gasteiger partial charge in [-0.15, -0.1) is 11.3 Å². The highest BCUT2D eigenvalue weighted by atomic mass is 32.1. The van der Waals surface area contributed by atoms with Crippen molar-refractivity contribution in [3.8, 4) is 22.4 Å². The summed E-state index contributed by atoms with van der Waals surface area (Å²) in [5, 5.41) is 24.8. The molecule has 0 bridgehead atoms. The third-order valence-corrected chi connectivity index (χ3v) is 12.5. The van der Waals surface area contributed by atoms with Crippen LogP contribution < -0.4 is 30.9 Å². The van der Waals surface area contributed by atoms with Crippen molar-refractivity contribution in [2.24, 2.45) is 11.1 Å². The molecule has 17 nitrogen and oxygen atoms in total. The van der Waals surface area contributed by atoms with E-state index in [1.54, 1.807) is 26.3 Å². The third-order valence-electron chi connectivity index (χ3n) is 11.2. The first-order chi connectivity index (χ1) is 31.9. The van der Waals surface area contributed by atoms with Gasteiger partial charge in [0.2, 0.25) is 23.6 Å². The Morgan fingerprint density at radius 3 is 2.40 bits per heavy atom. The minimum atomic E-state index is -5.28. The van der Waals surface area contributed by atoms with Gasteiger partial charge in [-0.05, 0) is 67.7 Å². The lowest BCUT2D eigenvalue weighted by molar-refractivity contribution is -0.144. The zero-order valence-corrected chi connectivity index (χ0v) is 39.2. The topological polar surface area (TPSA) is 233 Å². The van der Waals surface area contributed by atoms with E-state index in [-0.39, 0.29) is 49.9 Å². The number of primary amides is 1. The van der Waals surface area contributed by atoms with Crippen LogP contribution in [0, 0.1) is 29.5 Å². The van der Waals surface area contributed by atoms with Gasteiger partial charge in [-0.1, -0.05) is 45.0 Å². The van der Waals surface area contributed by atoms with Crippen LogP contribution in [0.2, 0.25) is 0 Å². The second-order valence-corrected chi connectivity index (χ2v) is 18.7. The number of aromatic nitrogens is 2. The van der Waals surface area contributed by atoms with Gasteiger partial charge >= 0.3 is 6.18 Å². The summed E-state index contributed by atoms with van der Waals surface area (Å²) >= 11 is 6.99. The molecule has 4 aromatic rings. The highest BCUT2D eigenvalue weighted by Crippen LogP contribution is 2.42. The summed E-state index contributed by atoms with van der Waals surface area (Å²) in [6.45, 7) is 8.83. The molecule has 0 radical (unpaired) electrons. The van der Waals surface area contributed by atoms with E-state index < -0.39 is 99.2 Å². The molecule has 0 spiro atoms. The number of hydrogen-bond acceptors (Lipinski definition) is 13. The number of β-amino-alcohol motifs (C(OH)–C–C–N with tert-alkyl or cyclic N) is 1. The van der Waals surface area contributed by atoms with Crippen LogP contribution in [-0.2, 0) is 36.6 Å². The number of alkyl halides is 3. The maximum Gasteiger partial charge on any atom is 0.420 e. The van der Waals surface area contributed by atoms with Crippen LogP contribution in [0.25, 0.3) is 10.4 Å². The van der Waals surface area contributed by atoms with Crippen molar-refractivity contribution < 1.29 is 56.1 Å². The van der Waals surface area contributed by atoms with E-state index in [1.807, 2.05) is 31.2 Å². The third kappa shape index (κ3) is 10.6. The number of nitrogens with zero attached hydrogens (tertiary/aromatic N) is 6. The summed E-state index contributed by atoms with van der Waals surface area (Å²) in [6, 6.07) is 9.54. The van der Waals surface area contributed by atoms with Gasteiger partial charge in [0.1, 0.15) is 42.0 Å². The monoisotopic (exact) mass is 981 g/mol. The van der Waals surface area contributed by atoms with E-state index in [0.29, 0.717) is 4.90 Å². The van der Waals surface area contributed by atoms with Crippen LogP contribution in [0.1, 0.15) is 73.8 Å². The molecule has 0 saturated carbocycles. The number of aryl methyl sites for hydroxylation is 1. The van der Waals surface area contributed by atoms with Crippen molar-refractivity contribution in [3.05, 3.63) is 87.9 Å². The molecule has 5 N–H and O–H groups in total. The largest absolute Gasteiger partial charge is 0.475 e. The number of likely N-dealkylation sites (tertiary alicyclic amines) is 1. The summed E-state index contributed by atoms with van der Waals surface area (Å²) in [5.41, 5.74) is 3.57. The Balaban J connectivity index is 1.05. The molecule has 2 aromatic heterocycles. The fourth-order valence-electron chi connectivity index (χ4n) is 7.75. The summed E-state index contributed by atoms with van der Waals surface area (Å²) in [7, 11) is 0. The lowest BCUT2D eigenvalue weighted by atomic mass is 9.85. The Hall–Kier alpha value is -6.61. The first-order valence-corrected chi connectivity index (χ1v) is 22.2. The molecule has 23 heteroatoms. The quantitative estimate of drug-likeness (QED) is 0.0716. The number of hydrogen-bond donors (Lipinski definition) is 4. The van der Waals surface area contributed by atoms with Gasteiger partial charge in [-0.3, -0.25) is 28.9 Å². The number of carbonyl (C=O) groups excluding carboxylic acids is 5. The van der Waals surface area contributed by atoms with Gasteiger partial charge in [0.05, 0.1) is 58.0 Å². The lowest BCUT2D eigenvalue weighted by Gasteiger charge is -2.35. The molecule has 0 aliphatic carbocycles. The van der Waals surface area contributed by atoms with E-state index in [4.69, 9.17) is 27.4 Å². The number of carbonyl (C=O) groups is 5. The van der Waals surface area contributed by atoms with Crippen LogP contribution in [0.15, 0.2) is 54.2 Å². The van der Waals surface area contributed by atoms with Gasteiger partial charge in [0.15, 0.2) is 10.9 Å². The molecule has 2 aliphatic heterocycles. The number of nitriles is 1. The van der Waals surface area contributed by atoms with Crippen LogP contribution >= 0.6 is 23.6 Å². The fourth-order valence-corrected chi connectivity index (χ4v) is 9.08. The number of benzene rings is 2. The summed E-state index contributed by atoms with van der Waals surface area (Å²) < 4.78 is 68.0. The Morgan fingerprint density at radius 1 is 1.10 bits per heavy atom. The number of amides is 5. The van der Waals surface area contributed by atoms with Crippen LogP contribution in [0.4, 0.5) is 28.9 Å². The number of aliphatic hydroxyl groups is 1. The van der Waals surface area contributed by atoms with Crippen LogP contribution in [0.3, 0.4) is 0 Å². The molecule has 4 heterocycles. The smallest absolute Gasteiger partial charge is 0.420 e. The number of anilines is 2. The molecule has 2 fully saturated rings. The Bertz CT molecular complexity index is 2680. The molecule has 360 valence electrons. The summed E-state index contributed by atoms with van der Waals surface area (Å²) in [6.07, 6.45) is -5.11. The number of pyridine rings is 1. The molecule has 5 amide bonds. The van der Waals surface area contributed by atoms with E-state index >= 15 is 4.39 Å². The van der Waals surface area contributed by atoms with Gasteiger partial charge < -0.3 is 40.7 Å². The van der Waals surface area contributed by atoms with Crippen molar-refractivity contribution in [1.29, 1.82) is 5.26 Å². The first kappa shape index (κ1) is 50.8. The summed E-state index contributed by atoms with van der Waals surface area (Å²) in [4.78, 5) is 79.3. The van der Waals surface area contributed by atoms with Gasteiger partial charge in [0.25, 0.3) is 11.8 Å². The predicted molar refractivity (Wildman–Crippen MR) is 243 cm³/mol. The van der Waals surface area contributed by atoms with Gasteiger partial charge in [0, 0.05) is 19.5 Å². The van der Waals surface area contributed by atoms with Crippen molar-refractivity contribution in [2.45, 2.75) is 84.4 Å². The summed E-state index contributed by atoms with van der Waals surface area (Å²) in [5.74, 6) is -5.87. The highest BCUT2D eigenvalue weighted by Gasteiger charge is 2.52. The number of thiazole rings is 1. The normalized spacial score (nSPS) is 17.5. The average molecular weight is 982 g/mol. The van der Waals surface area contributed by atoms with Crippen LogP contribution in [0.5, 0.6) is 5.88 Å². The number of thiocarbonyl (C=S) groups is 1. The molecule has 3 atom stereocenters. The van der Waals surface area contributed by atoms with Gasteiger partial charge in [-0.25, -0.2) is 14.4 Å². The molecular formula is C45H47F4N9O8S2. The van der Waals surface area contributed by atoms with E-state index in [9.17, 15) is 47.5 Å². The number of nitrogens with two attached hydrogens (primary N) is 1. The van der Waals surface area contributed by atoms with Crippen molar-refractivity contribution >= 4 is 69.6 Å². The maximum atomic E-state index is 15.5. The Kier molecular flexibility index (Phi) is 14.9. The molecule has 2 aromatic carbocycles. The number of nitrogens with one attached hydrogen (secondary N) is 2. The Morgan fingerprint density at radius 2 is 1.79 bits per heavy atom. The molecule has 2 aliphatic rings. The number of rotatable bonds is 15. The van der Waals surface area contributed by atoms with E-state index in [1.165, 1.54) is 42.2 Å². The Labute approximate surface area is 397 Å². The zero-order valence-electron chi connectivity index (χ0n) is 37.6. The average Bonchev–Trinajstić information content (AvgIpc) is 3.93. The van der Waals surface area contributed by atoms with E-state index in [2.05, 4.69) is 20.6 Å². The van der Waals surface area contributed by atoms with Crippen molar-refractivity contribution in [3.63, 3.8) is 0 Å². The minimum absolute atomic E-state index is 0.00223. The lowest BCUT2D eigenvalue weighted by Crippen LogP contribution is -2.58. The minimum Gasteiger partial charge on any atom is -0.475 e. The highest BCUT2D eigenvalue weighted by molar-refractivity contribution is 7.81. The van der Waals surface area contributed by atoms with E-state index in [0.717, 1.165) is 44.9 Å². The SMILES string of the molecule is Cc1ncsc1-c1ccc(CNC(=O)[C@@H]2CC(O)CN2C(=O)[C@@H](NC(=O)COCCOc2ncc(N3C(=S)N(c4ccc(C#N)c(C(F)(F)F)c4F)C(=O)C3(C)C)cc2C(N)=O)C(C)(C)C)cc1. The second kappa shape index (κ2) is 19.9. The molecule has 68 heavy (non-hydrogen) atoms. The first-order valence-electron chi connectivity index (χ1n) is 20.9. The molecule has 2 saturated heterocycles. The number of halogens is 4. The van der Waals surface area contributed by atoms with Gasteiger partial charge in [-0.2, -0.15) is 18.4 Å². The molecule has 1 unspecified atom stereocenters. The van der Waals surface area contributed by atoms with Crippen molar-refractivity contribution in [1.82, 2.24) is 25.5 Å². The maximum absolute atomic E-state index is 15.5. The predicted octanol–water partition coefficient (Wildman–Crippen LogP) is 4.76. The molecule has 6 rings (SSSR count). The second-order valence-electron chi connectivity index (χ2n) is 17.5. The number of aliphatic hydroxyl groups excluding tert-OH is 1. The molecular weight excluding hydrogens is 935 g/mol. The zero-order chi connectivity index (χ0) is 50.0. The van der Waals surface area contributed by atoms with Crippen LogP contribution in [-0.4, -0.2) is 105 Å². The standard InChI is InChI=1S/C45H47F4N9O8S2/c1-23-35(68-22-54-23)25-9-7-24(8-10-25)18-52-38(62)31-16-28(59)20-56(31)40(63)36(43(2,3)4)55-32(60)21-65-13-14-66-39-29(37(51)61)15-27(19-53-39)58-42(67)57(41(64)44(58,5)6)30-12-11-26(17-50)33(34(30)46)45(47,48)49/h7-12,15,19,22,28,31,36,59H,13-14,16,18,20-21H2,1-6H3,(H2,51,61)(H,52,62)(H,55,60)/t28?,31-,36+/m0/s1. The number of ether oxygens (including phenoxy) is 2.